The Balaban J connectivity index is 1.74. The molecule has 2 heterocycles. The summed E-state index contributed by atoms with van der Waals surface area (Å²) in [6.45, 7) is 6.81. The maximum Gasteiger partial charge on any atom is 0.250 e. The SMILES string of the molecule is C=CC(=O)N(CCn1nc(-c2ccc(OCC)c(OC)c2)c2c(N)ncnc21)c1ccccc1. The summed E-state index contributed by atoms with van der Waals surface area (Å²) in [5.74, 6) is 1.35. The average Bonchev–Trinajstić information content (AvgIpc) is 3.25. The van der Waals surface area contributed by atoms with Crippen molar-refractivity contribution < 1.29 is 14.3 Å². The van der Waals surface area contributed by atoms with Crippen molar-refractivity contribution in [3.05, 3.63) is 67.5 Å². The number of carbonyl (C=O) groups excluding carboxylic acids is 1. The van der Waals surface area contributed by atoms with E-state index in [1.54, 1.807) is 16.7 Å². The number of nitrogens with two attached hydrogens (primary N) is 1. The number of nitrogen functional groups attached to an aromatic ring is 1. The molecule has 0 fully saturated rings. The molecule has 0 saturated heterocycles. The lowest BCUT2D eigenvalue weighted by Crippen LogP contribution is -2.32. The van der Waals surface area contributed by atoms with Crippen LogP contribution < -0.4 is 20.1 Å². The van der Waals surface area contributed by atoms with Gasteiger partial charge in [-0.3, -0.25) is 4.79 Å². The van der Waals surface area contributed by atoms with Crippen molar-refractivity contribution >= 4 is 28.4 Å². The van der Waals surface area contributed by atoms with E-state index < -0.39 is 0 Å². The van der Waals surface area contributed by atoms with E-state index in [2.05, 4.69) is 16.5 Å². The van der Waals surface area contributed by atoms with E-state index in [1.165, 1.54) is 12.4 Å². The lowest BCUT2D eigenvalue weighted by molar-refractivity contribution is -0.114. The Labute approximate surface area is 197 Å². The van der Waals surface area contributed by atoms with Crippen LogP contribution in [-0.2, 0) is 11.3 Å². The van der Waals surface area contributed by atoms with E-state index in [0.29, 0.717) is 53.7 Å². The Kier molecular flexibility index (Phi) is 6.72. The molecule has 0 saturated carbocycles. The van der Waals surface area contributed by atoms with Crippen molar-refractivity contribution in [1.82, 2.24) is 19.7 Å². The fourth-order valence-electron chi connectivity index (χ4n) is 3.76. The number of fused-ring (bicyclic) bond motifs is 1. The molecule has 34 heavy (non-hydrogen) atoms. The minimum Gasteiger partial charge on any atom is -0.493 e. The Morgan fingerprint density at radius 3 is 2.68 bits per heavy atom. The van der Waals surface area contributed by atoms with Crippen LogP contribution in [0.15, 0.2) is 67.5 Å². The van der Waals surface area contributed by atoms with Crippen LogP contribution in [-0.4, -0.2) is 45.9 Å². The first kappa shape index (κ1) is 22.8. The van der Waals surface area contributed by atoms with Crippen LogP contribution >= 0.6 is 0 Å². The number of anilines is 2. The third-order valence-corrected chi connectivity index (χ3v) is 5.34. The van der Waals surface area contributed by atoms with Gasteiger partial charge in [0.05, 0.1) is 25.6 Å². The molecule has 2 N–H and O–H groups in total. The van der Waals surface area contributed by atoms with E-state index in [1.807, 2.05) is 55.5 Å². The van der Waals surface area contributed by atoms with Crippen molar-refractivity contribution in [2.45, 2.75) is 13.5 Å². The van der Waals surface area contributed by atoms with Gasteiger partial charge in [0.15, 0.2) is 17.1 Å². The zero-order valence-corrected chi connectivity index (χ0v) is 19.1. The molecule has 0 atom stereocenters. The van der Waals surface area contributed by atoms with Gasteiger partial charge in [-0.1, -0.05) is 24.8 Å². The Bertz CT molecular complexity index is 1320. The summed E-state index contributed by atoms with van der Waals surface area (Å²) in [5.41, 5.74) is 8.99. The van der Waals surface area contributed by atoms with Crippen molar-refractivity contribution in [3.63, 3.8) is 0 Å². The standard InChI is InChI=1S/C25H26N6O3/c1-4-21(32)30(18-9-7-6-8-10-18)13-14-31-25-22(24(26)27-16-28-25)23(29-31)17-11-12-19(34-5-2)20(15-17)33-3/h4,6-12,15-16H,1,5,13-14H2,2-3H3,(H2,26,27,28). The Morgan fingerprint density at radius 2 is 1.97 bits per heavy atom. The van der Waals surface area contributed by atoms with Crippen LogP contribution in [0, 0.1) is 0 Å². The number of methoxy groups -OCH3 is 1. The van der Waals surface area contributed by atoms with Crippen molar-refractivity contribution in [2.75, 3.05) is 30.9 Å². The minimum atomic E-state index is -0.201. The lowest BCUT2D eigenvalue weighted by atomic mass is 10.1. The monoisotopic (exact) mass is 458 g/mol. The smallest absolute Gasteiger partial charge is 0.250 e. The molecular weight excluding hydrogens is 432 g/mol. The normalized spacial score (nSPS) is 10.8. The van der Waals surface area contributed by atoms with Gasteiger partial charge in [-0.25, -0.2) is 14.6 Å². The van der Waals surface area contributed by atoms with Gasteiger partial charge in [0.25, 0.3) is 0 Å². The molecule has 1 amide bonds. The van der Waals surface area contributed by atoms with Crippen molar-refractivity contribution in [2.24, 2.45) is 0 Å². The fraction of sp³-hybridized carbons (Fsp3) is 0.200. The number of rotatable bonds is 9. The highest BCUT2D eigenvalue weighted by atomic mass is 16.5. The van der Waals surface area contributed by atoms with E-state index in [0.717, 1.165) is 11.3 Å². The predicted octanol–water partition coefficient (Wildman–Crippen LogP) is 3.70. The molecule has 0 aliphatic heterocycles. The van der Waals surface area contributed by atoms with Crippen molar-refractivity contribution in [1.29, 1.82) is 0 Å². The number of carbonyl (C=O) groups is 1. The summed E-state index contributed by atoms with van der Waals surface area (Å²) in [6.07, 6.45) is 2.70. The molecule has 9 nitrogen and oxygen atoms in total. The number of ether oxygens (including phenoxy) is 2. The van der Waals surface area contributed by atoms with Gasteiger partial charge >= 0.3 is 0 Å². The molecule has 4 rings (SSSR count). The zero-order chi connectivity index (χ0) is 24.1. The van der Waals surface area contributed by atoms with Gasteiger partial charge in [0.1, 0.15) is 17.8 Å². The molecular formula is C25H26N6O3. The quantitative estimate of drug-likeness (QED) is 0.381. The molecule has 0 radical (unpaired) electrons. The van der Waals surface area contributed by atoms with E-state index in [9.17, 15) is 4.79 Å². The van der Waals surface area contributed by atoms with Crippen LogP contribution in [0.3, 0.4) is 0 Å². The molecule has 0 spiro atoms. The van der Waals surface area contributed by atoms with Crippen molar-refractivity contribution in [3.8, 4) is 22.8 Å². The molecule has 4 aromatic rings. The highest BCUT2D eigenvalue weighted by molar-refractivity contribution is 6.01. The summed E-state index contributed by atoms with van der Waals surface area (Å²) >= 11 is 0. The molecule has 0 aliphatic carbocycles. The van der Waals surface area contributed by atoms with Gasteiger partial charge in [0.2, 0.25) is 5.91 Å². The second kappa shape index (κ2) is 10.0. The maximum atomic E-state index is 12.5. The third-order valence-electron chi connectivity index (χ3n) is 5.34. The highest BCUT2D eigenvalue weighted by Crippen LogP contribution is 2.36. The number of amides is 1. The first-order valence-electron chi connectivity index (χ1n) is 10.8. The summed E-state index contributed by atoms with van der Waals surface area (Å²) in [7, 11) is 1.59. The van der Waals surface area contributed by atoms with Crippen LogP contribution in [0.4, 0.5) is 11.5 Å². The summed E-state index contributed by atoms with van der Waals surface area (Å²) in [6, 6.07) is 15.0. The average molecular weight is 459 g/mol. The van der Waals surface area contributed by atoms with E-state index in [4.69, 9.17) is 20.3 Å². The largest absolute Gasteiger partial charge is 0.493 e. The third kappa shape index (κ3) is 4.40. The molecule has 174 valence electrons. The van der Waals surface area contributed by atoms with Crippen LogP contribution in [0.1, 0.15) is 6.92 Å². The van der Waals surface area contributed by atoms with Crippen LogP contribution in [0.2, 0.25) is 0 Å². The maximum absolute atomic E-state index is 12.5. The van der Waals surface area contributed by atoms with Gasteiger partial charge in [-0.2, -0.15) is 5.10 Å². The molecule has 0 bridgehead atoms. The number of benzene rings is 2. The molecule has 2 aromatic heterocycles. The number of para-hydroxylation sites is 1. The van der Waals surface area contributed by atoms with Gasteiger partial charge in [0, 0.05) is 17.8 Å². The molecule has 0 aliphatic rings. The second-order valence-electron chi connectivity index (χ2n) is 7.36. The van der Waals surface area contributed by atoms with Gasteiger partial charge < -0.3 is 20.1 Å². The number of hydrogen-bond acceptors (Lipinski definition) is 7. The first-order valence-corrected chi connectivity index (χ1v) is 10.8. The fourth-order valence-corrected chi connectivity index (χ4v) is 3.76. The summed E-state index contributed by atoms with van der Waals surface area (Å²) in [4.78, 5) is 22.8. The lowest BCUT2D eigenvalue weighted by Gasteiger charge is -2.21. The number of aromatic nitrogens is 4. The van der Waals surface area contributed by atoms with Crippen LogP contribution in [0.5, 0.6) is 11.5 Å². The minimum absolute atomic E-state index is 0.201. The molecule has 2 aromatic carbocycles. The second-order valence-corrected chi connectivity index (χ2v) is 7.36. The highest BCUT2D eigenvalue weighted by Gasteiger charge is 2.20. The zero-order valence-electron chi connectivity index (χ0n) is 19.1. The van der Waals surface area contributed by atoms with Gasteiger partial charge in [-0.15, -0.1) is 0 Å². The topological polar surface area (TPSA) is 108 Å². The Morgan fingerprint density at radius 1 is 1.18 bits per heavy atom. The number of nitrogens with zero attached hydrogens (tertiary/aromatic N) is 5. The molecule has 9 heteroatoms. The van der Waals surface area contributed by atoms with Gasteiger partial charge in [-0.05, 0) is 43.3 Å². The Hall–Kier alpha value is -4.40. The van der Waals surface area contributed by atoms with E-state index >= 15 is 0 Å². The predicted molar refractivity (Wildman–Crippen MR) is 132 cm³/mol. The van der Waals surface area contributed by atoms with E-state index in [-0.39, 0.29) is 5.91 Å². The summed E-state index contributed by atoms with van der Waals surface area (Å²) < 4.78 is 12.9. The van der Waals surface area contributed by atoms with Crippen LogP contribution in [0.25, 0.3) is 22.3 Å². The number of hydrogen-bond donors (Lipinski definition) is 1. The first-order chi connectivity index (χ1) is 16.6. The summed E-state index contributed by atoms with van der Waals surface area (Å²) in [5, 5.41) is 5.43. The molecule has 0 unspecified atom stereocenters.